The highest BCUT2D eigenvalue weighted by Crippen LogP contribution is 2.46. The maximum absolute atomic E-state index is 13.0. The quantitative estimate of drug-likeness (QED) is 0.299. The van der Waals surface area contributed by atoms with Gasteiger partial charge in [0.05, 0.1) is 18.8 Å². The fourth-order valence-corrected chi connectivity index (χ4v) is 3.92. The second-order valence-electron chi connectivity index (χ2n) is 7.30. The summed E-state index contributed by atoms with van der Waals surface area (Å²) in [5.74, 6) is -1.10. The van der Waals surface area contributed by atoms with E-state index in [1.807, 2.05) is 12.1 Å². The maximum atomic E-state index is 13.0. The summed E-state index contributed by atoms with van der Waals surface area (Å²) in [6.45, 7) is 1.82. The van der Waals surface area contributed by atoms with Crippen LogP contribution in [0, 0.1) is 0 Å². The van der Waals surface area contributed by atoms with E-state index in [-0.39, 0.29) is 19.6 Å². The standard InChI is InChI=1S/C25H26NO7P/c1-2-31-25(28)21-13-15-22(16-14-21)26-24(27)23(17-19-9-5-3-6-10-19)33-34(29,30)32-18-20-11-7-4-8-12-20/h3-16,23H,2,17-18H2,1H3,(H,26,27)(H,29,30)/t23-/m0/s1. The molecule has 8 nitrogen and oxygen atoms in total. The Labute approximate surface area is 198 Å². The summed E-state index contributed by atoms with van der Waals surface area (Å²) in [6.07, 6.45) is -1.26. The molecule has 1 amide bonds. The Morgan fingerprint density at radius 3 is 2.09 bits per heavy atom. The number of carbonyl (C=O) groups is 2. The normalized spacial score (nSPS) is 13.5. The largest absolute Gasteiger partial charge is 0.473 e. The molecule has 3 rings (SSSR count). The molecular weight excluding hydrogens is 457 g/mol. The third-order valence-corrected chi connectivity index (χ3v) is 5.69. The first-order valence-electron chi connectivity index (χ1n) is 10.7. The van der Waals surface area contributed by atoms with E-state index in [2.05, 4.69) is 5.32 Å². The summed E-state index contributed by atoms with van der Waals surface area (Å²) < 4.78 is 28.0. The molecule has 34 heavy (non-hydrogen) atoms. The van der Waals surface area contributed by atoms with Crippen molar-refractivity contribution >= 4 is 25.4 Å². The molecule has 178 valence electrons. The van der Waals surface area contributed by atoms with Crippen LogP contribution in [0.5, 0.6) is 0 Å². The maximum Gasteiger partial charge on any atom is 0.473 e. The Hall–Kier alpha value is -3.29. The molecule has 9 heteroatoms. The summed E-state index contributed by atoms with van der Waals surface area (Å²) in [5.41, 5.74) is 2.15. The third kappa shape index (κ3) is 7.93. The van der Waals surface area contributed by atoms with E-state index in [9.17, 15) is 19.0 Å². The van der Waals surface area contributed by atoms with Crippen molar-refractivity contribution in [3.8, 4) is 0 Å². The molecule has 0 aromatic heterocycles. The molecule has 2 N–H and O–H groups in total. The Morgan fingerprint density at radius 1 is 0.912 bits per heavy atom. The van der Waals surface area contributed by atoms with Gasteiger partial charge in [-0.2, -0.15) is 0 Å². The average Bonchev–Trinajstić information content (AvgIpc) is 2.84. The van der Waals surface area contributed by atoms with Gasteiger partial charge < -0.3 is 14.9 Å². The Kier molecular flexibility index (Phi) is 9.13. The lowest BCUT2D eigenvalue weighted by Crippen LogP contribution is -2.32. The number of hydrogen-bond acceptors (Lipinski definition) is 6. The van der Waals surface area contributed by atoms with Gasteiger partial charge in [-0.1, -0.05) is 60.7 Å². The molecule has 3 aromatic rings. The molecule has 0 aliphatic heterocycles. The predicted octanol–water partition coefficient (Wildman–Crippen LogP) is 4.75. The van der Waals surface area contributed by atoms with Crippen LogP contribution in [0.3, 0.4) is 0 Å². The lowest BCUT2D eigenvalue weighted by atomic mass is 10.1. The van der Waals surface area contributed by atoms with Crippen molar-refractivity contribution in [1.82, 2.24) is 0 Å². The minimum atomic E-state index is -4.56. The van der Waals surface area contributed by atoms with E-state index in [4.69, 9.17) is 13.8 Å². The number of ether oxygens (including phenoxy) is 1. The zero-order valence-electron chi connectivity index (χ0n) is 18.6. The molecule has 0 radical (unpaired) electrons. The number of benzene rings is 3. The minimum absolute atomic E-state index is 0.0484. The van der Waals surface area contributed by atoms with Crippen LogP contribution in [-0.4, -0.2) is 29.5 Å². The number of rotatable bonds is 11. The van der Waals surface area contributed by atoms with Gasteiger partial charge in [0, 0.05) is 12.1 Å². The Bertz CT molecular complexity index is 1120. The van der Waals surface area contributed by atoms with Gasteiger partial charge in [0.25, 0.3) is 5.91 Å². The molecule has 3 aromatic carbocycles. The van der Waals surface area contributed by atoms with Crippen molar-refractivity contribution in [3.05, 3.63) is 102 Å². The van der Waals surface area contributed by atoms with E-state index >= 15 is 0 Å². The van der Waals surface area contributed by atoms with Crippen molar-refractivity contribution in [2.45, 2.75) is 26.1 Å². The van der Waals surface area contributed by atoms with Crippen LogP contribution < -0.4 is 5.32 Å². The molecule has 0 aliphatic rings. The van der Waals surface area contributed by atoms with Gasteiger partial charge in [0.15, 0.2) is 6.10 Å². The van der Waals surface area contributed by atoms with Gasteiger partial charge in [-0.05, 0) is 42.3 Å². The monoisotopic (exact) mass is 483 g/mol. The number of phosphoric ester groups is 1. The van der Waals surface area contributed by atoms with Gasteiger partial charge in [-0.25, -0.2) is 9.36 Å². The van der Waals surface area contributed by atoms with Crippen molar-refractivity contribution in [3.63, 3.8) is 0 Å². The van der Waals surface area contributed by atoms with Crippen LogP contribution in [-0.2, 0) is 36.2 Å². The molecular formula is C25H26NO7P. The van der Waals surface area contributed by atoms with E-state index < -0.39 is 25.8 Å². The number of amides is 1. The topological polar surface area (TPSA) is 111 Å². The highest BCUT2D eigenvalue weighted by atomic mass is 31.2. The number of hydrogen-bond donors (Lipinski definition) is 2. The lowest BCUT2D eigenvalue weighted by molar-refractivity contribution is -0.123. The van der Waals surface area contributed by atoms with Gasteiger partial charge >= 0.3 is 13.8 Å². The second kappa shape index (κ2) is 12.3. The molecule has 1 unspecified atom stereocenters. The Balaban J connectivity index is 1.70. The highest BCUT2D eigenvalue weighted by Gasteiger charge is 2.31. The number of nitrogens with one attached hydrogen (secondary N) is 1. The van der Waals surface area contributed by atoms with E-state index in [1.54, 1.807) is 55.5 Å². The molecule has 0 spiro atoms. The first-order chi connectivity index (χ1) is 16.4. The third-order valence-electron chi connectivity index (χ3n) is 4.72. The van der Waals surface area contributed by atoms with Crippen LogP contribution in [0.2, 0.25) is 0 Å². The zero-order chi connectivity index (χ0) is 24.4. The first-order valence-corrected chi connectivity index (χ1v) is 12.2. The second-order valence-corrected chi connectivity index (χ2v) is 8.70. The number of anilines is 1. The fraction of sp³-hybridized carbons (Fsp3) is 0.200. The van der Waals surface area contributed by atoms with Crippen LogP contribution in [0.4, 0.5) is 5.69 Å². The van der Waals surface area contributed by atoms with Gasteiger partial charge in [-0.15, -0.1) is 0 Å². The average molecular weight is 483 g/mol. The van der Waals surface area contributed by atoms with Crippen LogP contribution in [0.1, 0.15) is 28.4 Å². The van der Waals surface area contributed by atoms with Crippen molar-refractivity contribution in [1.29, 1.82) is 0 Å². The van der Waals surface area contributed by atoms with Gasteiger partial charge in [0.1, 0.15) is 0 Å². The van der Waals surface area contributed by atoms with Crippen molar-refractivity contribution in [2.75, 3.05) is 11.9 Å². The van der Waals surface area contributed by atoms with Crippen LogP contribution >= 0.6 is 7.82 Å². The number of esters is 1. The summed E-state index contributed by atoms with van der Waals surface area (Å²) >= 11 is 0. The molecule has 0 bridgehead atoms. The Morgan fingerprint density at radius 2 is 1.50 bits per heavy atom. The lowest BCUT2D eigenvalue weighted by Gasteiger charge is -2.21. The summed E-state index contributed by atoms with van der Waals surface area (Å²) in [5, 5.41) is 2.65. The molecule has 0 saturated carbocycles. The number of carbonyl (C=O) groups excluding carboxylic acids is 2. The highest BCUT2D eigenvalue weighted by molar-refractivity contribution is 7.47. The molecule has 0 aliphatic carbocycles. The van der Waals surface area contributed by atoms with Crippen molar-refractivity contribution < 1.29 is 32.8 Å². The molecule has 2 atom stereocenters. The predicted molar refractivity (Wildman–Crippen MR) is 127 cm³/mol. The van der Waals surface area contributed by atoms with Crippen LogP contribution in [0.25, 0.3) is 0 Å². The SMILES string of the molecule is CCOC(=O)c1ccc(NC(=O)[C@H](Cc2ccccc2)OP(=O)(O)OCc2ccccc2)cc1. The smallest absolute Gasteiger partial charge is 0.462 e. The number of phosphoric acid groups is 1. The van der Waals surface area contributed by atoms with Gasteiger partial charge in [-0.3, -0.25) is 13.8 Å². The molecule has 0 saturated heterocycles. The summed E-state index contributed by atoms with van der Waals surface area (Å²) in [7, 11) is -4.56. The van der Waals surface area contributed by atoms with Crippen LogP contribution in [0.15, 0.2) is 84.9 Å². The first kappa shape index (κ1) is 25.3. The van der Waals surface area contributed by atoms with E-state index in [0.717, 1.165) is 5.56 Å². The fourth-order valence-electron chi connectivity index (χ4n) is 3.05. The minimum Gasteiger partial charge on any atom is -0.462 e. The van der Waals surface area contributed by atoms with Gasteiger partial charge in [0.2, 0.25) is 0 Å². The summed E-state index contributed by atoms with van der Waals surface area (Å²) in [4.78, 5) is 35.0. The van der Waals surface area contributed by atoms with E-state index in [1.165, 1.54) is 24.3 Å². The zero-order valence-corrected chi connectivity index (χ0v) is 19.5. The summed E-state index contributed by atoms with van der Waals surface area (Å²) in [6, 6.07) is 23.9. The molecule has 0 heterocycles. The van der Waals surface area contributed by atoms with E-state index in [0.29, 0.717) is 16.8 Å². The molecule has 0 fully saturated rings. The van der Waals surface area contributed by atoms with Crippen molar-refractivity contribution in [2.24, 2.45) is 0 Å².